The van der Waals surface area contributed by atoms with Gasteiger partial charge in [0.2, 0.25) is 41.4 Å². The molecule has 7 saturated carbocycles. The summed E-state index contributed by atoms with van der Waals surface area (Å²) in [6, 6.07) is 0. The van der Waals surface area contributed by atoms with E-state index < -0.39 is 0 Å². The maximum absolute atomic E-state index is 11.8. The van der Waals surface area contributed by atoms with E-state index in [2.05, 4.69) is 59.1 Å². The molecule has 0 bridgehead atoms. The average molecular weight is 1180 g/mol. The Hall–Kier alpha value is -3.71. The van der Waals surface area contributed by atoms with Gasteiger partial charge in [0.1, 0.15) is 0 Å². The van der Waals surface area contributed by atoms with Gasteiger partial charge in [0.15, 0.2) is 0 Å². The second-order valence-electron chi connectivity index (χ2n) is 28.3. The van der Waals surface area contributed by atoms with Gasteiger partial charge < -0.3 is 35.1 Å². The van der Waals surface area contributed by atoms with E-state index in [4.69, 9.17) is 0 Å². The average Bonchev–Trinajstić information content (AvgIpc) is 3.60. The Morgan fingerprint density at radius 3 is 0.536 bits per heavy atom. The zero-order valence-corrected chi connectivity index (χ0v) is 57.9. The van der Waals surface area contributed by atoms with E-state index in [1.165, 1.54) is 89.9 Å². The van der Waals surface area contributed by atoms with Crippen LogP contribution in [0.1, 0.15) is 242 Å². The van der Waals surface area contributed by atoms with Crippen LogP contribution in [-0.2, 0) is 33.6 Å². The Morgan fingerprint density at radius 2 is 0.405 bits per heavy atom. The minimum absolute atomic E-state index is 0.233. The predicted molar refractivity (Wildman–Crippen MR) is 349 cm³/mol. The lowest BCUT2D eigenvalue weighted by atomic mass is 9.82. The number of nitrogens with one attached hydrogen (secondary N) is 2. The molecule has 7 amide bonds. The fourth-order valence-corrected chi connectivity index (χ4v) is 13.0. The highest BCUT2D eigenvalue weighted by Gasteiger charge is 2.30. The number of hydrogen-bond donors (Lipinski definition) is 2. The standard InChI is InChI=1S/2C11H21NO.3C10H19NO.2C9H17NO/c2*1-4-12(3)11(13)10-7-5-9(2)6-8-10;3*1-8-4-6-9(7-5-8)10(12)11(2)3;2*1-7-3-5-8(6-4-7)9(11)10-2/h2*9-10H,4-8H2,1-3H3;3*8-9H,4-7H2,1-3H3;2*7-8H,3-6H2,1-2H3,(H,10,11). The van der Waals surface area contributed by atoms with Crippen molar-refractivity contribution in [2.24, 2.45) is 82.9 Å². The second kappa shape index (κ2) is 43.0. The summed E-state index contributed by atoms with van der Waals surface area (Å²) in [6.45, 7) is 21.7. The van der Waals surface area contributed by atoms with Crippen LogP contribution in [0, 0.1) is 82.9 Å². The largest absolute Gasteiger partial charge is 0.359 e. The van der Waals surface area contributed by atoms with E-state index >= 15 is 0 Å². The maximum atomic E-state index is 11.8. The van der Waals surface area contributed by atoms with Crippen molar-refractivity contribution in [1.82, 2.24) is 35.1 Å². The molecule has 7 aliphatic carbocycles. The molecule has 0 aromatic heterocycles. The molecule has 0 aromatic carbocycles. The van der Waals surface area contributed by atoms with Gasteiger partial charge >= 0.3 is 0 Å². The van der Waals surface area contributed by atoms with Gasteiger partial charge in [-0.25, -0.2) is 0 Å². The molecule has 14 heteroatoms. The first-order valence-corrected chi connectivity index (χ1v) is 34.2. The third-order valence-corrected chi connectivity index (χ3v) is 20.1. The van der Waals surface area contributed by atoms with E-state index in [9.17, 15) is 33.6 Å². The molecular weight excluding hydrogens is 1050 g/mol. The molecule has 0 spiro atoms. The van der Waals surface area contributed by atoms with Crippen LogP contribution in [-0.4, -0.2) is 149 Å². The van der Waals surface area contributed by atoms with Crippen LogP contribution in [0.3, 0.4) is 0 Å². The van der Waals surface area contributed by atoms with E-state index in [0.29, 0.717) is 71.0 Å². The van der Waals surface area contributed by atoms with Gasteiger partial charge in [-0.2, -0.15) is 0 Å². The van der Waals surface area contributed by atoms with Gasteiger partial charge in [-0.05, 0) is 235 Å². The summed E-state index contributed by atoms with van der Waals surface area (Å²) in [5.41, 5.74) is 0. The minimum Gasteiger partial charge on any atom is -0.359 e. The Kier molecular flexibility index (Phi) is 40.1. The second-order valence-corrected chi connectivity index (χ2v) is 28.3. The first-order chi connectivity index (χ1) is 39.6. The number of hydrogen-bond acceptors (Lipinski definition) is 7. The van der Waals surface area contributed by atoms with Gasteiger partial charge in [0.25, 0.3) is 0 Å². The number of nitrogens with zero attached hydrogens (tertiary/aromatic N) is 5. The fourth-order valence-electron chi connectivity index (χ4n) is 13.0. The molecule has 0 radical (unpaired) electrons. The molecule has 0 aromatic rings. The summed E-state index contributed by atoms with van der Waals surface area (Å²) in [5.74, 6) is 10.1. The smallest absolute Gasteiger partial charge is 0.225 e. The molecule has 0 unspecified atom stereocenters. The van der Waals surface area contributed by atoms with Gasteiger partial charge in [0.05, 0.1) is 0 Å². The molecule has 0 aliphatic heterocycles. The summed E-state index contributed by atoms with van der Waals surface area (Å²) < 4.78 is 0. The lowest BCUT2D eigenvalue weighted by molar-refractivity contribution is -0.136. The molecule has 7 aliphatic rings. The third-order valence-electron chi connectivity index (χ3n) is 20.1. The zero-order chi connectivity index (χ0) is 63.6. The van der Waals surface area contributed by atoms with E-state index in [1.54, 1.807) is 28.8 Å². The van der Waals surface area contributed by atoms with Crippen molar-refractivity contribution in [2.75, 3.05) is 83.6 Å². The molecular formula is C70H133N7O7. The van der Waals surface area contributed by atoms with Gasteiger partial charge in [-0.3, -0.25) is 33.6 Å². The molecule has 84 heavy (non-hydrogen) atoms. The van der Waals surface area contributed by atoms with Crippen LogP contribution in [0.4, 0.5) is 0 Å². The Bertz CT molecular complexity index is 1660. The Balaban J connectivity index is 0.000000490. The van der Waals surface area contributed by atoms with Crippen molar-refractivity contribution in [2.45, 2.75) is 242 Å². The van der Waals surface area contributed by atoms with Gasteiger partial charge in [0, 0.05) is 125 Å². The topological polar surface area (TPSA) is 160 Å². The molecule has 14 nitrogen and oxygen atoms in total. The summed E-state index contributed by atoms with van der Waals surface area (Å²) in [4.78, 5) is 89.3. The SMILES string of the molecule is CC1CCC(C(=O)N(C)C)CC1.CC1CCC(C(=O)N(C)C)CC1.CC1CCC(C(=O)N(C)C)CC1.CCN(C)C(=O)C1CCC(C)CC1.CCN(C)C(=O)C1CCC(C)CC1.CNC(=O)C1CCC(C)CC1.CNC(=O)C1CCC(C)CC1. The van der Waals surface area contributed by atoms with Crippen LogP contribution in [0.2, 0.25) is 0 Å². The summed E-state index contributed by atoms with van der Waals surface area (Å²) in [5, 5.41) is 5.42. The van der Waals surface area contributed by atoms with Crippen LogP contribution >= 0.6 is 0 Å². The number of amides is 7. The normalized spacial score (nSPS) is 29.9. The summed E-state index contributed by atoms with van der Waals surface area (Å²) >= 11 is 0. The monoisotopic (exact) mass is 1180 g/mol. The van der Waals surface area contributed by atoms with Crippen molar-refractivity contribution < 1.29 is 33.6 Å². The number of rotatable bonds is 9. The lowest BCUT2D eigenvalue weighted by Gasteiger charge is -2.28. The van der Waals surface area contributed by atoms with Crippen molar-refractivity contribution in [3.8, 4) is 0 Å². The van der Waals surface area contributed by atoms with Crippen molar-refractivity contribution in [3.63, 3.8) is 0 Å². The molecule has 0 heterocycles. The molecule has 0 saturated heterocycles. The molecule has 0 atom stereocenters. The maximum Gasteiger partial charge on any atom is 0.225 e. The molecule has 7 rings (SSSR count). The molecule has 490 valence electrons. The summed E-state index contributed by atoms with van der Waals surface area (Å²) in [6.07, 6.45) is 32.5. The first kappa shape index (κ1) is 78.3. The highest BCUT2D eigenvalue weighted by Crippen LogP contribution is 2.34. The van der Waals surface area contributed by atoms with Crippen molar-refractivity contribution in [1.29, 1.82) is 0 Å². The predicted octanol–water partition coefficient (Wildman–Crippen LogP) is 13.4. The Morgan fingerprint density at radius 1 is 0.262 bits per heavy atom. The van der Waals surface area contributed by atoms with Crippen molar-refractivity contribution in [3.05, 3.63) is 0 Å². The minimum atomic E-state index is 0.233. The number of carbonyl (C=O) groups is 7. The van der Waals surface area contributed by atoms with Crippen LogP contribution < -0.4 is 10.6 Å². The quantitative estimate of drug-likeness (QED) is 0.232. The third kappa shape index (κ3) is 31.3. The Labute approximate surface area is 516 Å². The lowest BCUT2D eigenvalue weighted by Crippen LogP contribution is -2.34. The van der Waals surface area contributed by atoms with Crippen LogP contribution in [0.15, 0.2) is 0 Å². The number of carbonyl (C=O) groups excluding carboxylic acids is 7. The van der Waals surface area contributed by atoms with Crippen LogP contribution in [0.25, 0.3) is 0 Å². The fraction of sp³-hybridized carbons (Fsp3) is 0.900. The van der Waals surface area contributed by atoms with E-state index in [-0.39, 0.29) is 11.8 Å². The van der Waals surface area contributed by atoms with Crippen molar-refractivity contribution >= 4 is 41.4 Å². The van der Waals surface area contributed by atoms with E-state index in [1.807, 2.05) is 80.0 Å². The van der Waals surface area contributed by atoms with Gasteiger partial charge in [-0.1, -0.05) is 48.5 Å². The zero-order valence-electron chi connectivity index (χ0n) is 57.9. The molecule has 7 fully saturated rings. The van der Waals surface area contributed by atoms with Crippen LogP contribution in [0.5, 0.6) is 0 Å². The summed E-state index contributed by atoms with van der Waals surface area (Å²) in [7, 11) is 18.3. The highest BCUT2D eigenvalue weighted by molar-refractivity contribution is 5.81. The highest BCUT2D eigenvalue weighted by atomic mass is 16.2. The van der Waals surface area contributed by atoms with Gasteiger partial charge in [-0.15, -0.1) is 0 Å². The molecule has 2 N–H and O–H groups in total. The first-order valence-electron chi connectivity index (χ1n) is 34.2. The van der Waals surface area contributed by atoms with E-state index in [0.717, 1.165) is 144 Å².